The third-order valence-corrected chi connectivity index (χ3v) is 5.84. The third kappa shape index (κ3) is 3.39. The standard InChI is InChI=1S/C20H25N3O3/c24-19(25)20-7-4-9-22(13-17-5-1-2-8-21-17)11-16(20)12-23(15-20)14-18-6-3-10-26-18/h1-3,5-6,8,10,16H,4,7,9,11-15H2,(H,24,25)/t16-,20-/m0/s1. The SMILES string of the molecule is O=C(O)[C@]12CCCN(Cc3ccccn3)C[C@H]1CN(Cc1ccco1)C2. The van der Waals surface area contributed by atoms with Crippen molar-refractivity contribution in [2.45, 2.75) is 25.9 Å². The maximum Gasteiger partial charge on any atom is 0.311 e. The molecule has 0 radical (unpaired) electrons. The number of rotatable bonds is 5. The van der Waals surface area contributed by atoms with Gasteiger partial charge in [0.2, 0.25) is 0 Å². The zero-order valence-corrected chi connectivity index (χ0v) is 14.9. The lowest BCUT2D eigenvalue weighted by molar-refractivity contribution is -0.151. The van der Waals surface area contributed by atoms with E-state index in [1.807, 2.05) is 36.5 Å². The first-order valence-electron chi connectivity index (χ1n) is 9.26. The Kier molecular flexibility index (Phi) is 4.78. The number of carbonyl (C=O) groups is 1. The van der Waals surface area contributed by atoms with Crippen molar-refractivity contribution in [2.24, 2.45) is 11.3 Å². The zero-order chi connectivity index (χ0) is 18.0. The van der Waals surface area contributed by atoms with E-state index in [1.165, 1.54) is 0 Å². The normalized spacial score (nSPS) is 27.2. The largest absolute Gasteiger partial charge is 0.481 e. The van der Waals surface area contributed by atoms with Gasteiger partial charge in [0, 0.05) is 38.3 Å². The number of nitrogens with zero attached hydrogens (tertiary/aromatic N) is 3. The second-order valence-corrected chi connectivity index (χ2v) is 7.57. The zero-order valence-electron chi connectivity index (χ0n) is 14.9. The summed E-state index contributed by atoms with van der Waals surface area (Å²) in [6.45, 7) is 4.60. The van der Waals surface area contributed by atoms with E-state index in [4.69, 9.17) is 4.42 Å². The molecular formula is C20H25N3O3. The first-order valence-corrected chi connectivity index (χ1v) is 9.26. The second-order valence-electron chi connectivity index (χ2n) is 7.57. The van der Waals surface area contributed by atoms with Crippen LogP contribution < -0.4 is 0 Å². The number of aromatic nitrogens is 1. The fourth-order valence-electron chi connectivity index (χ4n) is 4.57. The van der Waals surface area contributed by atoms with Crippen molar-refractivity contribution in [2.75, 3.05) is 26.2 Å². The molecule has 6 heteroatoms. The molecule has 2 aromatic rings. The van der Waals surface area contributed by atoms with Crippen LogP contribution in [0.4, 0.5) is 0 Å². The number of pyridine rings is 1. The Labute approximate surface area is 153 Å². The molecule has 2 fully saturated rings. The van der Waals surface area contributed by atoms with Gasteiger partial charge in [0.15, 0.2) is 0 Å². The van der Waals surface area contributed by atoms with E-state index in [1.54, 1.807) is 6.26 Å². The van der Waals surface area contributed by atoms with Crippen LogP contribution in [0, 0.1) is 11.3 Å². The Morgan fingerprint density at radius 1 is 1.23 bits per heavy atom. The Hall–Kier alpha value is -2.18. The molecule has 4 rings (SSSR count). The van der Waals surface area contributed by atoms with Crippen LogP contribution in [0.1, 0.15) is 24.3 Å². The number of hydrogen-bond donors (Lipinski definition) is 1. The predicted octanol–water partition coefficient (Wildman–Crippen LogP) is 2.47. The van der Waals surface area contributed by atoms with Crippen molar-refractivity contribution in [3.63, 3.8) is 0 Å². The van der Waals surface area contributed by atoms with Crippen molar-refractivity contribution in [3.8, 4) is 0 Å². The highest BCUT2D eigenvalue weighted by Gasteiger charge is 2.53. The van der Waals surface area contributed by atoms with Crippen molar-refractivity contribution >= 4 is 5.97 Å². The first-order chi connectivity index (χ1) is 12.7. The summed E-state index contributed by atoms with van der Waals surface area (Å²) in [4.78, 5) is 21.3. The Morgan fingerprint density at radius 3 is 2.85 bits per heavy atom. The molecule has 6 nitrogen and oxygen atoms in total. The number of furan rings is 1. The van der Waals surface area contributed by atoms with Gasteiger partial charge in [-0.25, -0.2) is 0 Å². The summed E-state index contributed by atoms with van der Waals surface area (Å²) in [6, 6.07) is 9.79. The van der Waals surface area contributed by atoms with Crippen LogP contribution in [0.15, 0.2) is 47.2 Å². The van der Waals surface area contributed by atoms with E-state index in [-0.39, 0.29) is 5.92 Å². The van der Waals surface area contributed by atoms with Gasteiger partial charge in [0.25, 0.3) is 0 Å². The van der Waals surface area contributed by atoms with Crippen LogP contribution in [0.5, 0.6) is 0 Å². The minimum atomic E-state index is -0.649. The molecule has 2 aliphatic heterocycles. The topological polar surface area (TPSA) is 69.8 Å². The number of likely N-dealkylation sites (tertiary alicyclic amines) is 2. The molecule has 0 amide bonds. The van der Waals surface area contributed by atoms with Crippen LogP contribution in [0.25, 0.3) is 0 Å². The Balaban J connectivity index is 1.50. The molecule has 0 aliphatic carbocycles. The van der Waals surface area contributed by atoms with Crippen LogP contribution in [-0.2, 0) is 17.9 Å². The number of aliphatic carboxylic acids is 1. The number of fused-ring (bicyclic) bond motifs is 1. The van der Waals surface area contributed by atoms with Crippen LogP contribution >= 0.6 is 0 Å². The van der Waals surface area contributed by atoms with E-state index >= 15 is 0 Å². The van der Waals surface area contributed by atoms with E-state index in [0.29, 0.717) is 13.1 Å². The lowest BCUT2D eigenvalue weighted by Crippen LogP contribution is -2.41. The molecule has 1 N–H and O–H groups in total. The Morgan fingerprint density at radius 2 is 2.12 bits per heavy atom. The summed E-state index contributed by atoms with van der Waals surface area (Å²) in [5, 5.41) is 10.1. The molecule has 2 atom stereocenters. The summed E-state index contributed by atoms with van der Waals surface area (Å²) in [6.07, 6.45) is 5.13. The van der Waals surface area contributed by atoms with Gasteiger partial charge in [-0.1, -0.05) is 6.07 Å². The van der Waals surface area contributed by atoms with E-state index in [0.717, 1.165) is 50.5 Å². The van der Waals surface area contributed by atoms with Crippen LogP contribution in [0.3, 0.4) is 0 Å². The van der Waals surface area contributed by atoms with Gasteiger partial charge in [0.05, 0.1) is 23.9 Å². The van der Waals surface area contributed by atoms with Gasteiger partial charge >= 0.3 is 5.97 Å². The first kappa shape index (κ1) is 17.2. The van der Waals surface area contributed by atoms with Crippen molar-refractivity contribution in [3.05, 3.63) is 54.2 Å². The predicted molar refractivity (Wildman–Crippen MR) is 96.3 cm³/mol. The van der Waals surface area contributed by atoms with Gasteiger partial charge in [-0.2, -0.15) is 0 Å². The van der Waals surface area contributed by atoms with Gasteiger partial charge in [-0.15, -0.1) is 0 Å². The summed E-state index contributed by atoms with van der Waals surface area (Å²) >= 11 is 0. The molecule has 2 aliphatic rings. The highest BCUT2D eigenvalue weighted by Crippen LogP contribution is 2.43. The maximum absolute atomic E-state index is 12.2. The molecule has 138 valence electrons. The van der Waals surface area contributed by atoms with Gasteiger partial charge in [0.1, 0.15) is 5.76 Å². The van der Waals surface area contributed by atoms with Gasteiger partial charge in [-0.05, 0) is 43.7 Å². The molecule has 4 heterocycles. The van der Waals surface area contributed by atoms with Crippen molar-refractivity contribution < 1.29 is 14.3 Å². The second kappa shape index (κ2) is 7.21. The smallest absolute Gasteiger partial charge is 0.311 e. The monoisotopic (exact) mass is 355 g/mol. The number of hydrogen-bond acceptors (Lipinski definition) is 5. The number of carboxylic acid groups (broad SMARTS) is 1. The summed E-state index contributed by atoms with van der Waals surface area (Å²) in [5.41, 5.74) is 0.395. The minimum Gasteiger partial charge on any atom is -0.481 e. The minimum absolute atomic E-state index is 0.126. The lowest BCUT2D eigenvalue weighted by Gasteiger charge is -2.29. The highest BCUT2D eigenvalue weighted by molar-refractivity contribution is 5.76. The Bertz CT molecular complexity index is 734. The summed E-state index contributed by atoms with van der Waals surface area (Å²) in [5.74, 6) is 0.373. The average Bonchev–Trinajstić information content (AvgIpc) is 3.21. The summed E-state index contributed by atoms with van der Waals surface area (Å²) in [7, 11) is 0. The molecule has 0 saturated carbocycles. The van der Waals surface area contributed by atoms with Gasteiger partial charge in [-0.3, -0.25) is 19.6 Å². The van der Waals surface area contributed by atoms with E-state index < -0.39 is 11.4 Å². The molecule has 0 spiro atoms. The van der Waals surface area contributed by atoms with Crippen molar-refractivity contribution in [1.82, 2.24) is 14.8 Å². The fourth-order valence-corrected chi connectivity index (χ4v) is 4.57. The highest BCUT2D eigenvalue weighted by atomic mass is 16.4. The third-order valence-electron chi connectivity index (χ3n) is 5.84. The van der Waals surface area contributed by atoms with Gasteiger partial charge < -0.3 is 9.52 Å². The molecule has 0 bridgehead atoms. The molecule has 2 saturated heterocycles. The molecule has 0 unspecified atom stereocenters. The quantitative estimate of drug-likeness (QED) is 0.889. The fraction of sp³-hybridized carbons (Fsp3) is 0.500. The molecule has 2 aromatic heterocycles. The molecule has 26 heavy (non-hydrogen) atoms. The van der Waals surface area contributed by atoms with E-state index in [9.17, 15) is 9.90 Å². The lowest BCUT2D eigenvalue weighted by atomic mass is 9.75. The van der Waals surface area contributed by atoms with E-state index in [2.05, 4.69) is 14.8 Å². The number of carboxylic acids is 1. The van der Waals surface area contributed by atoms with Crippen LogP contribution in [-0.4, -0.2) is 52.0 Å². The van der Waals surface area contributed by atoms with Crippen LogP contribution in [0.2, 0.25) is 0 Å². The summed E-state index contributed by atoms with van der Waals surface area (Å²) < 4.78 is 5.46. The molecule has 0 aromatic carbocycles. The molecular weight excluding hydrogens is 330 g/mol. The average molecular weight is 355 g/mol. The maximum atomic E-state index is 12.2. The van der Waals surface area contributed by atoms with Crippen molar-refractivity contribution in [1.29, 1.82) is 0 Å².